The summed E-state index contributed by atoms with van der Waals surface area (Å²) in [7, 11) is 0. The molecule has 0 fully saturated rings. The Morgan fingerprint density at radius 1 is 1.18 bits per heavy atom. The molecule has 0 saturated heterocycles. The lowest BCUT2D eigenvalue weighted by Gasteiger charge is -2.15. The molecule has 3 aromatic carbocycles. The molecule has 0 aliphatic carbocycles. The highest BCUT2D eigenvalue weighted by Gasteiger charge is 2.31. The number of halogens is 5. The maximum absolute atomic E-state index is 13.4. The van der Waals surface area contributed by atoms with Crippen LogP contribution in [-0.2, 0) is 6.18 Å². The lowest BCUT2D eigenvalue weighted by atomic mass is 10.1. The minimum Gasteiger partial charge on any atom is -0.490 e. The molecule has 0 amide bonds. The highest BCUT2D eigenvalue weighted by Crippen LogP contribution is 2.42. The van der Waals surface area contributed by atoms with Crippen LogP contribution in [0.2, 0.25) is 5.02 Å². The van der Waals surface area contributed by atoms with Crippen LogP contribution in [0.1, 0.15) is 18.1 Å². The maximum atomic E-state index is 13.4. The van der Waals surface area contributed by atoms with E-state index in [-0.39, 0.29) is 34.2 Å². The topological polar surface area (TPSA) is 65.7 Å². The molecule has 0 aliphatic rings. The van der Waals surface area contributed by atoms with Gasteiger partial charge in [-0.2, -0.15) is 22.9 Å². The Balaban J connectivity index is 1.91. The first-order valence-electron chi connectivity index (χ1n) is 11.1. The number of ether oxygens (including phenoxy) is 2. The van der Waals surface area contributed by atoms with Crippen LogP contribution >= 0.6 is 27.5 Å². The molecule has 6 nitrogen and oxygen atoms in total. The summed E-state index contributed by atoms with van der Waals surface area (Å²) >= 11 is 9.88. The highest BCUT2D eigenvalue weighted by molar-refractivity contribution is 9.10. The largest absolute Gasteiger partial charge is 0.490 e. The van der Waals surface area contributed by atoms with Gasteiger partial charge in [-0.25, -0.2) is 4.98 Å². The van der Waals surface area contributed by atoms with E-state index in [9.17, 15) is 18.0 Å². The Kier molecular flexibility index (Phi) is 8.09. The van der Waals surface area contributed by atoms with Gasteiger partial charge in [0.2, 0.25) is 0 Å². The molecule has 0 bridgehead atoms. The number of aromatic nitrogens is 2. The van der Waals surface area contributed by atoms with Crippen molar-refractivity contribution in [3.63, 3.8) is 0 Å². The average molecular weight is 605 g/mol. The van der Waals surface area contributed by atoms with Gasteiger partial charge in [0, 0.05) is 15.6 Å². The Bertz CT molecular complexity index is 1650. The monoisotopic (exact) mass is 603 g/mol. The van der Waals surface area contributed by atoms with Gasteiger partial charge >= 0.3 is 6.18 Å². The minimum absolute atomic E-state index is 0.0435. The first kappa shape index (κ1) is 27.2. The predicted molar refractivity (Wildman–Crippen MR) is 144 cm³/mol. The molecule has 1 heterocycles. The van der Waals surface area contributed by atoms with Crippen LogP contribution in [0.25, 0.3) is 22.3 Å². The molecule has 0 radical (unpaired) electrons. The molecule has 4 rings (SSSR count). The smallest absolute Gasteiger partial charge is 0.416 e. The average Bonchev–Trinajstić information content (AvgIpc) is 2.90. The van der Waals surface area contributed by atoms with Crippen LogP contribution in [0.3, 0.4) is 0 Å². The number of rotatable bonds is 7. The second-order valence-corrected chi connectivity index (χ2v) is 8.91. The van der Waals surface area contributed by atoms with Crippen molar-refractivity contribution in [2.75, 3.05) is 13.2 Å². The van der Waals surface area contributed by atoms with Gasteiger partial charge in [-0.3, -0.25) is 4.79 Å². The van der Waals surface area contributed by atoms with Gasteiger partial charge in [-0.05, 0) is 53.2 Å². The van der Waals surface area contributed by atoms with Gasteiger partial charge < -0.3 is 9.47 Å². The molecule has 194 valence electrons. The number of alkyl halides is 3. The first-order valence-corrected chi connectivity index (χ1v) is 12.3. The fraction of sp³-hybridized carbons (Fsp3) is 0.148. The Labute approximate surface area is 228 Å². The number of para-hydroxylation sites is 1. The van der Waals surface area contributed by atoms with Crippen molar-refractivity contribution in [1.82, 2.24) is 9.66 Å². The molecule has 4 aromatic rings. The Morgan fingerprint density at radius 2 is 1.95 bits per heavy atom. The standard InChI is InChI=1S/C27H18BrClF3N3O3/c1-3-12-38-24-21(37-4-2)14-17(22(28)23(24)29)15-33-35-25(16-8-7-9-18(13-16)27(30,31)32)34-20-11-6-5-10-19(20)26(35)36/h1,5-11,13-15H,4,12H2,2H3. The van der Waals surface area contributed by atoms with E-state index in [4.69, 9.17) is 27.5 Å². The number of hydrogen-bond donors (Lipinski definition) is 0. The van der Waals surface area contributed by atoms with Crippen LogP contribution in [0, 0.1) is 12.3 Å². The molecule has 0 unspecified atom stereocenters. The molecule has 0 aliphatic heterocycles. The number of hydrogen-bond acceptors (Lipinski definition) is 5. The lowest BCUT2D eigenvalue weighted by Crippen LogP contribution is -2.20. The zero-order chi connectivity index (χ0) is 27.4. The zero-order valence-electron chi connectivity index (χ0n) is 19.7. The van der Waals surface area contributed by atoms with Crippen LogP contribution in [0.15, 0.2) is 69.0 Å². The van der Waals surface area contributed by atoms with Crippen molar-refractivity contribution in [2.24, 2.45) is 5.10 Å². The molecular formula is C27H18BrClF3N3O3. The van der Waals surface area contributed by atoms with Crippen LogP contribution < -0.4 is 15.0 Å². The van der Waals surface area contributed by atoms with Gasteiger partial charge in [0.15, 0.2) is 17.3 Å². The van der Waals surface area contributed by atoms with Crippen molar-refractivity contribution in [3.8, 4) is 35.2 Å². The minimum atomic E-state index is -4.58. The SMILES string of the molecule is C#CCOc1c(OCC)cc(C=Nn2c(-c3cccc(C(F)(F)F)c3)nc3ccccc3c2=O)c(Br)c1Cl. The first-order chi connectivity index (χ1) is 18.2. The molecule has 1 aromatic heterocycles. The van der Waals surface area contributed by atoms with E-state index in [0.717, 1.165) is 16.8 Å². The zero-order valence-corrected chi connectivity index (χ0v) is 22.1. The van der Waals surface area contributed by atoms with Crippen LogP contribution in [0.5, 0.6) is 11.5 Å². The summed E-state index contributed by atoms with van der Waals surface area (Å²) in [5, 5.41) is 4.71. The summed E-state index contributed by atoms with van der Waals surface area (Å²) in [6.45, 7) is 2.03. The number of benzene rings is 3. The predicted octanol–water partition coefficient (Wildman–Crippen LogP) is 6.79. The summed E-state index contributed by atoms with van der Waals surface area (Å²) in [6.07, 6.45) is 2.02. The van der Waals surface area contributed by atoms with Gasteiger partial charge in [0.25, 0.3) is 5.56 Å². The normalized spacial score (nSPS) is 11.6. The molecule has 0 spiro atoms. The number of terminal acetylenes is 1. The van der Waals surface area contributed by atoms with Crippen molar-refractivity contribution < 1.29 is 22.6 Å². The lowest BCUT2D eigenvalue weighted by molar-refractivity contribution is -0.137. The van der Waals surface area contributed by atoms with E-state index in [2.05, 4.69) is 31.9 Å². The molecular weight excluding hydrogens is 587 g/mol. The summed E-state index contributed by atoms with van der Waals surface area (Å²) < 4.78 is 52.7. The second kappa shape index (κ2) is 11.3. The number of nitrogens with zero attached hydrogens (tertiary/aromatic N) is 3. The fourth-order valence-electron chi connectivity index (χ4n) is 3.58. The summed E-state index contributed by atoms with van der Waals surface area (Å²) in [4.78, 5) is 17.9. The maximum Gasteiger partial charge on any atom is 0.416 e. The quantitative estimate of drug-likeness (QED) is 0.172. The van der Waals surface area contributed by atoms with Crippen molar-refractivity contribution in [1.29, 1.82) is 0 Å². The number of fused-ring (bicyclic) bond motifs is 1. The molecule has 11 heteroatoms. The van der Waals surface area contributed by atoms with E-state index in [1.165, 1.54) is 18.3 Å². The van der Waals surface area contributed by atoms with Gasteiger partial charge in [-0.1, -0.05) is 41.8 Å². The van der Waals surface area contributed by atoms with E-state index < -0.39 is 17.3 Å². The highest BCUT2D eigenvalue weighted by atomic mass is 79.9. The molecule has 0 saturated carbocycles. The van der Waals surface area contributed by atoms with Gasteiger partial charge in [0.1, 0.15) is 11.6 Å². The molecule has 0 N–H and O–H groups in total. The summed E-state index contributed by atoms with van der Waals surface area (Å²) in [5.74, 6) is 2.80. The van der Waals surface area contributed by atoms with Gasteiger partial charge in [0.05, 0.1) is 29.3 Å². The molecule has 0 atom stereocenters. The third-order valence-electron chi connectivity index (χ3n) is 5.27. The summed E-state index contributed by atoms with van der Waals surface area (Å²) in [5.41, 5.74) is -0.673. The Hall–Kier alpha value is -3.81. The third kappa shape index (κ3) is 5.54. The second-order valence-electron chi connectivity index (χ2n) is 7.74. The molecule has 38 heavy (non-hydrogen) atoms. The van der Waals surface area contributed by atoms with E-state index in [1.54, 1.807) is 37.3 Å². The van der Waals surface area contributed by atoms with Gasteiger partial charge in [-0.15, -0.1) is 6.42 Å². The van der Waals surface area contributed by atoms with E-state index in [0.29, 0.717) is 27.9 Å². The van der Waals surface area contributed by atoms with E-state index >= 15 is 0 Å². The fourth-order valence-corrected chi connectivity index (χ4v) is 4.24. The summed E-state index contributed by atoms with van der Waals surface area (Å²) in [6, 6.07) is 12.6. The van der Waals surface area contributed by atoms with E-state index in [1.807, 2.05) is 0 Å². The van der Waals surface area contributed by atoms with Crippen LogP contribution in [-0.4, -0.2) is 29.1 Å². The van der Waals surface area contributed by atoms with Crippen molar-refractivity contribution in [3.05, 3.63) is 85.6 Å². The van der Waals surface area contributed by atoms with Crippen LogP contribution in [0.4, 0.5) is 13.2 Å². The Morgan fingerprint density at radius 3 is 2.66 bits per heavy atom. The van der Waals surface area contributed by atoms with Crippen molar-refractivity contribution in [2.45, 2.75) is 13.1 Å². The van der Waals surface area contributed by atoms with Crippen molar-refractivity contribution >= 4 is 44.6 Å². The third-order valence-corrected chi connectivity index (χ3v) is 6.71.